The van der Waals surface area contributed by atoms with Crippen LogP contribution in [0, 0.1) is 0 Å². The molecule has 0 aliphatic carbocycles. The predicted octanol–water partition coefficient (Wildman–Crippen LogP) is 3.54. The molecule has 2 N–H and O–H groups in total. The lowest BCUT2D eigenvalue weighted by molar-refractivity contribution is 0.525. The highest BCUT2D eigenvalue weighted by Crippen LogP contribution is 2.27. The second-order valence-corrected chi connectivity index (χ2v) is 4.50. The van der Waals surface area contributed by atoms with Gasteiger partial charge in [-0.2, -0.15) is 11.3 Å². The van der Waals surface area contributed by atoms with Crippen LogP contribution < -0.4 is 5.73 Å². The van der Waals surface area contributed by atoms with Crippen LogP contribution >= 0.6 is 11.3 Å². The van der Waals surface area contributed by atoms with Gasteiger partial charge in [0, 0.05) is 5.39 Å². The highest BCUT2D eigenvalue weighted by Gasteiger charge is 2.13. The minimum absolute atomic E-state index is 0.168. The van der Waals surface area contributed by atoms with E-state index >= 15 is 0 Å². The average Bonchev–Trinajstić information content (AvgIpc) is 2.97. The third-order valence-electron chi connectivity index (χ3n) is 2.65. The van der Waals surface area contributed by atoms with E-state index < -0.39 is 0 Å². The number of hydrogen-bond donors (Lipinski definition) is 1. The van der Waals surface area contributed by atoms with Crippen LogP contribution in [0.1, 0.15) is 17.4 Å². The Bertz CT molecular complexity index is 564. The van der Waals surface area contributed by atoms with Crippen molar-refractivity contribution in [3.63, 3.8) is 0 Å². The van der Waals surface area contributed by atoms with Crippen LogP contribution in [0.5, 0.6) is 0 Å². The molecule has 0 aliphatic rings. The summed E-state index contributed by atoms with van der Waals surface area (Å²) in [6.45, 7) is 0. The van der Waals surface area contributed by atoms with Crippen molar-refractivity contribution in [1.82, 2.24) is 0 Å². The van der Waals surface area contributed by atoms with Crippen molar-refractivity contribution in [3.8, 4) is 0 Å². The van der Waals surface area contributed by atoms with Gasteiger partial charge >= 0.3 is 0 Å². The molecule has 3 rings (SSSR count). The third-order valence-corrected chi connectivity index (χ3v) is 3.35. The van der Waals surface area contributed by atoms with Crippen LogP contribution in [0.3, 0.4) is 0 Å². The van der Waals surface area contributed by atoms with Crippen molar-refractivity contribution in [3.05, 3.63) is 58.5 Å². The lowest BCUT2D eigenvalue weighted by Crippen LogP contribution is -2.09. The van der Waals surface area contributed by atoms with Gasteiger partial charge in [0.25, 0.3) is 0 Å². The molecular formula is C13H11NOS. The zero-order chi connectivity index (χ0) is 11.0. The first-order valence-corrected chi connectivity index (χ1v) is 6.05. The molecule has 16 heavy (non-hydrogen) atoms. The van der Waals surface area contributed by atoms with Crippen LogP contribution in [0.15, 0.2) is 51.6 Å². The van der Waals surface area contributed by atoms with Gasteiger partial charge in [-0.15, -0.1) is 0 Å². The maximum Gasteiger partial charge on any atom is 0.134 e. The van der Waals surface area contributed by atoms with Crippen LogP contribution in [0.4, 0.5) is 0 Å². The molecule has 0 saturated carbocycles. The van der Waals surface area contributed by atoms with E-state index in [1.165, 1.54) is 0 Å². The maximum atomic E-state index is 6.14. The summed E-state index contributed by atoms with van der Waals surface area (Å²) >= 11 is 1.65. The van der Waals surface area contributed by atoms with Gasteiger partial charge in [0.05, 0.1) is 6.04 Å². The first-order chi connectivity index (χ1) is 7.84. The molecule has 0 saturated heterocycles. The van der Waals surface area contributed by atoms with E-state index in [0.29, 0.717) is 0 Å². The Morgan fingerprint density at radius 2 is 2.06 bits per heavy atom. The minimum atomic E-state index is -0.168. The summed E-state index contributed by atoms with van der Waals surface area (Å²) in [6.07, 6.45) is 0. The van der Waals surface area contributed by atoms with Crippen LogP contribution in [0.25, 0.3) is 11.0 Å². The average molecular weight is 229 g/mol. The van der Waals surface area contributed by atoms with Gasteiger partial charge in [-0.25, -0.2) is 0 Å². The Morgan fingerprint density at radius 1 is 1.19 bits per heavy atom. The summed E-state index contributed by atoms with van der Waals surface area (Å²) in [7, 11) is 0. The predicted molar refractivity (Wildman–Crippen MR) is 66.6 cm³/mol. The molecule has 0 spiro atoms. The quantitative estimate of drug-likeness (QED) is 0.730. The smallest absolute Gasteiger partial charge is 0.134 e. The number of rotatable bonds is 2. The molecule has 1 aromatic carbocycles. The minimum Gasteiger partial charge on any atom is -0.459 e. The molecule has 0 radical (unpaired) electrons. The Morgan fingerprint density at radius 3 is 2.81 bits per heavy atom. The van der Waals surface area contributed by atoms with Crippen LogP contribution in [-0.4, -0.2) is 0 Å². The number of benzene rings is 1. The molecule has 0 amide bonds. The number of fused-ring (bicyclic) bond motifs is 1. The largest absolute Gasteiger partial charge is 0.459 e. The van der Waals surface area contributed by atoms with E-state index in [4.69, 9.17) is 10.2 Å². The number of thiophene rings is 1. The molecule has 3 aromatic rings. The maximum absolute atomic E-state index is 6.14. The molecule has 0 bridgehead atoms. The number of hydrogen-bond acceptors (Lipinski definition) is 3. The van der Waals surface area contributed by atoms with Gasteiger partial charge in [0.2, 0.25) is 0 Å². The molecule has 2 nitrogen and oxygen atoms in total. The normalized spacial score (nSPS) is 13.1. The van der Waals surface area contributed by atoms with E-state index in [-0.39, 0.29) is 6.04 Å². The Kier molecular flexibility index (Phi) is 2.27. The molecule has 3 heteroatoms. The summed E-state index contributed by atoms with van der Waals surface area (Å²) in [5.41, 5.74) is 8.13. The van der Waals surface area contributed by atoms with E-state index in [1.807, 2.05) is 41.8 Å². The topological polar surface area (TPSA) is 39.2 Å². The zero-order valence-corrected chi connectivity index (χ0v) is 9.41. The Hall–Kier alpha value is -1.58. The van der Waals surface area contributed by atoms with Gasteiger partial charge < -0.3 is 10.2 Å². The third kappa shape index (κ3) is 1.54. The van der Waals surface area contributed by atoms with Gasteiger partial charge in [0.15, 0.2) is 0 Å². The lowest BCUT2D eigenvalue weighted by atomic mass is 10.1. The molecule has 2 heterocycles. The summed E-state index contributed by atoms with van der Waals surface area (Å²) in [5.74, 6) is 0.819. The second-order valence-electron chi connectivity index (χ2n) is 3.72. The molecular weight excluding hydrogens is 218 g/mol. The van der Waals surface area contributed by atoms with E-state index in [1.54, 1.807) is 11.3 Å². The monoisotopic (exact) mass is 229 g/mol. The number of furan rings is 1. The SMILES string of the molecule is NC(c1ccsc1)c1cc2ccccc2o1. The summed E-state index contributed by atoms with van der Waals surface area (Å²) in [5, 5.41) is 5.18. The van der Waals surface area contributed by atoms with Crippen LogP contribution in [-0.2, 0) is 0 Å². The van der Waals surface area contributed by atoms with Crippen LogP contribution in [0.2, 0.25) is 0 Å². The molecule has 1 unspecified atom stereocenters. The number of nitrogens with two attached hydrogens (primary N) is 1. The van der Waals surface area contributed by atoms with E-state index in [9.17, 15) is 0 Å². The summed E-state index contributed by atoms with van der Waals surface area (Å²) in [6, 6.07) is 11.8. The zero-order valence-electron chi connectivity index (χ0n) is 8.59. The lowest BCUT2D eigenvalue weighted by Gasteiger charge is -2.04. The number of para-hydroxylation sites is 1. The van der Waals surface area contributed by atoms with Gasteiger partial charge in [0.1, 0.15) is 11.3 Å². The molecule has 2 aromatic heterocycles. The second kappa shape index (κ2) is 3.77. The fourth-order valence-electron chi connectivity index (χ4n) is 1.77. The molecule has 1 atom stereocenters. The van der Waals surface area contributed by atoms with Crippen molar-refractivity contribution >= 4 is 22.3 Å². The Balaban J connectivity index is 2.06. The highest BCUT2D eigenvalue weighted by atomic mass is 32.1. The van der Waals surface area contributed by atoms with Crippen molar-refractivity contribution in [1.29, 1.82) is 0 Å². The molecule has 80 valence electrons. The highest BCUT2D eigenvalue weighted by molar-refractivity contribution is 7.08. The van der Waals surface area contributed by atoms with E-state index in [0.717, 1.165) is 22.3 Å². The van der Waals surface area contributed by atoms with Crippen molar-refractivity contribution in [2.75, 3.05) is 0 Å². The molecule has 0 fully saturated rings. The van der Waals surface area contributed by atoms with Crippen molar-refractivity contribution in [2.45, 2.75) is 6.04 Å². The Labute approximate surface area is 97.3 Å². The summed E-state index contributed by atoms with van der Waals surface area (Å²) < 4.78 is 5.73. The van der Waals surface area contributed by atoms with E-state index in [2.05, 4.69) is 5.38 Å². The fraction of sp³-hybridized carbons (Fsp3) is 0.0769. The fourth-order valence-corrected chi connectivity index (χ4v) is 2.47. The summed E-state index contributed by atoms with van der Waals surface area (Å²) in [4.78, 5) is 0. The first-order valence-electron chi connectivity index (χ1n) is 5.11. The van der Waals surface area contributed by atoms with Gasteiger partial charge in [-0.3, -0.25) is 0 Å². The molecule has 0 aliphatic heterocycles. The van der Waals surface area contributed by atoms with Crippen molar-refractivity contribution < 1.29 is 4.42 Å². The van der Waals surface area contributed by atoms with Gasteiger partial charge in [-0.05, 0) is 34.5 Å². The van der Waals surface area contributed by atoms with Crippen molar-refractivity contribution in [2.24, 2.45) is 5.73 Å². The first kappa shape index (κ1) is 9.63. The van der Waals surface area contributed by atoms with Gasteiger partial charge in [-0.1, -0.05) is 18.2 Å². The standard InChI is InChI=1S/C13H11NOS/c14-13(10-5-6-16-8-10)12-7-9-3-1-2-4-11(9)15-12/h1-8,13H,14H2.